The molecule has 0 radical (unpaired) electrons. The van der Waals surface area contributed by atoms with Crippen LogP contribution in [0, 0.1) is 0 Å². The van der Waals surface area contributed by atoms with E-state index in [0.29, 0.717) is 31.7 Å². The summed E-state index contributed by atoms with van der Waals surface area (Å²) in [6, 6.07) is 1.30. The molecule has 0 bridgehead atoms. The van der Waals surface area contributed by atoms with Gasteiger partial charge in [-0.2, -0.15) is 0 Å². The van der Waals surface area contributed by atoms with Crippen LogP contribution in [0.4, 0.5) is 0 Å². The molecule has 3 aromatic rings. The molecule has 4 heterocycles. The topological polar surface area (TPSA) is 118 Å². The number of piperazine rings is 1. The lowest BCUT2D eigenvalue weighted by atomic mass is 10.1. The lowest BCUT2D eigenvalue weighted by Crippen LogP contribution is -2.49. The molecule has 0 spiro atoms. The number of pyridine rings is 1. The summed E-state index contributed by atoms with van der Waals surface area (Å²) in [4.78, 5) is 50.5. The number of aromatic amines is 1. The first-order valence-corrected chi connectivity index (χ1v) is 9.63. The Hall–Kier alpha value is -3.27. The summed E-state index contributed by atoms with van der Waals surface area (Å²) < 4.78 is 3.32. The Morgan fingerprint density at radius 3 is 2.86 bits per heavy atom. The number of carbonyl (C=O) groups is 1. The van der Waals surface area contributed by atoms with Crippen molar-refractivity contribution in [2.45, 2.75) is 25.9 Å². The van der Waals surface area contributed by atoms with Gasteiger partial charge in [0.05, 0.1) is 10.9 Å². The van der Waals surface area contributed by atoms with Gasteiger partial charge in [-0.05, 0) is 12.5 Å². The summed E-state index contributed by atoms with van der Waals surface area (Å²) in [5.74, 6) is 0.565. The monoisotopic (exact) mass is 397 g/mol. The third-order valence-electron chi connectivity index (χ3n) is 5.19. The average molecular weight is 397 g/mol. The van der Waals surface area contributed by atoms with Gasteiger partial charge in [-0.25, -0.2) is 14.8 Å². The SMILES string of the molecule is CCCn1c(=O)[nH]c(=O)c2cc(C(=O)N3CCNCC3c3nccn3C)cnc21. The Bertz CT molecular complexity index is 1180. The standard InChI is InChI=1S/C19H23N7O3/c1-3-6-26-15-13(17(27)23-19(26)29)9-12(10-22-15)18(28)25-8-4-20-11-14(25)16-21-5-7-24(16)2/h5,7,9-10,14,20H,3-4,6,8,11H2,1-2H3,(H,23,27,29). The second kappa shape index (κ2) is 7.63. The van der Waals surface area contributed by atoms with Gasteiger partial charge in [0, 0.05) is 51.8 Å². The van der Waals surface area contributed by atoms with E-state index >= 15 is 0 Å². The van der Waals surface area contributed by atoms with Gasteiger partial charge in [0.2, 0.25) is 0 Å². The molecule has 2 N–H and O–H groups in total. The number of fused-ring (bicyclic) bond motifs is 1. The number of nitrogens with zero attached hydrogens (tertiary/aromatic N) is 5. The molecule has 1 fully saturated rings. The maximum absolute atomic E-state index is 13.3. The van der Waals surface area contributed by atoms with Gasteiger partial charge in [-0.15, -0.1) is 0 Å². The zero-order valence-corrected chi connectivity index (χ0v) is 16.4. The Balaban J connectivity index is 1.75. The highest BCUT2D eigenvalue weighted by molar-refractivity contribution is 5.97. The molecule has 1 atom stereocenters. The van der Waals surface area contributed by atoms with Crippen molar-refractivity contribution in [3.05, 3.63) is 56.9 Å². The first-order chi connectivity index (χ1) is 14.0. The number of H-pyrrole nitrogens is 1. The van der Waals surface area contributed by atoms with Gasteiger partial charge < -0.3 is 14.8 Å². The highest BCUT2D eigenvalue weighted by atomic mass is 16.2. The number of nitrogens with one attached hydrogen (secondary N) is 2. The minimum absolute atomic E-state index is 0.221. The van der Waals surface area contributed by atoms with Gasteiger partial charge in [0.1, 0.15) is 17.5 Å². The molecule has 0 aromatic carbocycles. The third kappa shape index (κ3) is 3.35. The lowest BCUT2D eigenvalue weighted by Gasteiger charge is -2.35. The Labute approximate surface area is 166 Å². The largest absolute Gasteiger partial charge is 0.336 e. The molecule has 152 valence electrons. The fraction of sp³-hybridized carbons (Fsp3) is 0.421. The Morgan fingerprint density at radius 2 is 2.14 bits per heavy atom. The normalized spacial score (nSPS) is 17.0. The fourth-order valence-electron chi connectivity index (χ4n) is 3.76. The van der Waals surface area contributed by atoms with Crippen LogP contribution in [-0.2, 0) is 13.6 Å². The highest BCUT2D eigenvalue weighted by Gasteiger charge is 2.31. The maximum atomic E-state index is 13.3. The predicted octanol–water partition coefficient (Wildman–Crippen LogP) is 0.0150. The second-order valence-corrected chi connectivity index (χ2v) is 7.12. The summed E-state index contributed by atoms with van der Waals surface area (Å²) >= 11 is 0. The van der Waals surface area contributed by atoms with Crippen LogP contribution in [0.3, 0.4) is 0 Å². The number of aromatic nitrogens is 5. The zero-order chi connectivity index (χ0) is 20.5. The highest BCUT2D eigenvalue weighted by Crippen LogP contribution is 2.23. The molecular weight excluding hydrogens is 374 g/mol. The van der Waals surface area contributed by atoms with E-state index in [-0.39, 0.29) is 23.0 Å². The van der Waals surface area contributed by atoms with Crippen LogP contribution in [0.1, 0.15) is 35.6 Å². The van der Waals surface area contributed by atoms with Crippen LogP contribution in [0.15, 0.2) is 34.2 Å². The van der Waals surface area contributed by atoms with Crippen molar-refractivity contribution in [2.75, 3.05) is 19.6 Å². The third-order valence-corrected chi connectivity index (χ3v) is 5.19. The van der Waals surface area contributed by atoms with Crippen LogP contribution >= 0.6 is 0 Å². The number of hydrogen-bond acceptors (Lipinski definition) is 6. The van der Waals surface area contributed by atoms with E-state index in [2.05, 4.69) is 20.3 Å². The molecule has 29 heavy (non-hydrogen) atoms. The molecule has 1 amide bonds. The summed E-state index contributed by atoms with van der Waals surface area (Å²) in [6.07, 6.45) is 5.70. The maximum Gasteiger partial charge on any atom is 0.329 e. The van der Waals surface area contributed by atoms with E-state index in [0.717, 1.165) is 12.2 Å². The lowest BCUT2D eigenvalue weighted by molar-refractivity contribution is 0.0620. The molecule has 0 saturated carbocycles. The van der Waals surface area contributed by atoms with Crippen LogP contribution in [0.2, 0.25) is 0 Å². The molecule has 1 aliphatic rings. The molecule has 1 unspecified atom stereocenters. The number of aryl methyl sites for hydroxylation is 2. The van der Waals surface area contributed by atoms with Crippen LogP contribution in [0.5, 0.6) is 0 Å². The molecule has 3 aromatic heterocycles. The number of imidazole rings is 1. The van der Waals surface area contributed by atoms with E-state index in [9.17, 15) is 14.4 Å². The van der Waals surface area contributed by atoms with Crippen LogP contribution in [0.25, 0.3) is 11.0 Å². The average Bonchev–Trinajstić information content (AvgIpc) is 3.16. The quantitative estimate of drug-likeness (QED) is 0.641. The van der Waals surface area contributed by atoms with E-state index < -0.39 is 11.2 Å². The van der Waals surface area contributed by atoms with E-state index in [1.165, 1.54) is 16.8 Å². The van der Waals surface area contributed by atoms with Crippen molar-refractivity contribution in [3.8, 4) is 0 Å². The minimum Gasteiger partial charge on any atom is -0.336 e. The van der Waals surface area contributed by atoms with Gasteiger partial charge in [0.15, 0.2) is 0 Å². The van der Waals surface area contributed by atoms with Crippen molar-refractivity contribution in [2.24, 2.45) is 7.05 Å². The van der Waals surface area contributed by atoms with Crippen molar-refractivity contribution in [3.63, 3.8) is 0 Å². The van der Waals surface area contributed by atoms with Crippen molar-refractivity contribution in [1.29, 1.82) is 0 Å². The summed E-state index contributed by atoms with van der Waals surface area (Å²) in [7, 11) is 1.89. The Kier molecular flexibility index (Phi) is 5.01. The van der Waals surface area contributed by atoms with Crippen molar-refractivity contribution in [1.82, 2.24) is 34.3 Å². The first-order valence-electron chi connectivity index (χ1n) is 9.63. The summed E-state index contributed by atoms with van der Waals surface area (Å²) in [5, 5.41) is 3.53. The van der Waals surface area contributed by atoms with E-state index in [4.69, 9.17) is 0 Å². The molecule has 10 nitrogen and oxygen atoms in total. The molecule has 1 saturated heterocycles. The Morgan fingerprint density at radius 1 is 1.31 bits per heavy atom. The molecular formula is C19H23N7O3. The van der Waals surface area contributed by atoms with E-state index in [1.54, 1.807) is 11.1 Å². The molecule has 1 aliphatic heterocycles. The zero-order valence-electron chi connectivity index (χ0n) is 16.4. The van der Waals surface area contributed by atoms with Gasteiger partial charge in [-0.3, -0.25) is 19.1 Å². The number of hydrogen-bond donors (Lipinski definition) is 2. The van der Waals surface area contributed by atoms with Crippen LogP contribution in [-0.4, -0.2) is 54.5 Å². The van der Waals surface area contributed by atoms with Gasteiger partial charge in [0.25, 0.3) is 11.5 Å². The number of rotatable bonds is 4. The summed E-state index contributed by atoms with van der Waals surface area (Å²) in [6.45, 7) is 4.15. The molecule has 10 heteroatoms. The first kappa shape index (κ1) is 19.1. The van der Waals surface area contributed by atoms with Crippen molar-refractivity contribution < 1.29 is 4.79 Å². The predicted molar refractivity (Wildman–Crippen MR) is 107 cm³/mol. The minimum atomic E-state index is -0.541. The summed E-state index contributed by atoms with van der Waals surface area (Å²) in [5.41, 5.74) is -0.433. The smallest absolute Gasteiger partial charge is 0.329 e. The van der Waals surface area contributed by atoms with E-state index in [1.807, 2.05) is 24.7 Å². The van der Waals surface area contributed by atoms with Crippen molar-refractivity contribution >= 4 is 16.9 Å². The van der Waals surface area contributed by atoms with Crippen LogP contribution < -0.4 is 16.6 Å². The number of amides is 1. The molecule has 0 aliphatic carbocycles. The van der Waals surface area contributed by atoms with Gasteiger partial charge in [-0.1, -0.05) is 6.92 Å². The molecule has 4 rings (SSSR count). The fourth-order valence-corrected chi connectivity index (χ4v) is 3.76. The second-order valence-electron chi connectivity index (χ2n) is 7.12. The van der Waals surface area contributed by atoms with Gasteiger partial charge >= 0.3 is 5.69 Å². The number of carbonyl (C=O) groups excluding carboxylic acids is 1.